The van der Waals surface area contributed by atoms with E-state index in [0.29, 0.717) is 0 Å². The van der Waals surface area contributed by atoms with E-state index >= 15 is 0 Å². The molecule has 0 saturated carbocycles. The second-order valence-electron chi connectivity index (χ2n) is 6.60. The van der Waals surface area contributed by atoms with Crippen molar-refractivity contribution in [2.75, 3.05) is 20.3 Å². The van der Waals surface area contributed by atoms with Crippen molar-refractivity contribution >= 4 is 5.91 Å². The molecule has 0 radical (unpaired) electrons. The van der Waals surface area contributed by atoms with E-state index in [-0.39, 0.29) is 12.5 Å². The number of nitrogens with one attached hydrogen (secondary N) is 1. The Labute approximate surface area is 149 Å². The van der Waals surface area contributed by atoms with E-state index in [9.17, 15) is 25.2 Å². The van der Waals surface area contributed by atoms with Gasteiger partial charge in [-0.3, -0.25) is 4.79 Å². The van der Waals surface area contributed by atoms with Gasteiger partial charge >= 0.3 is 0 Å². The molecule has 11 nitrogen and oxygen atoms in total. The van der Waals surface area contributed by atoms with Gasteiger partial charge in [-0.25, -0.2) is 0 Å². The van der Waals surface area contributed by atoms with Gasteiger partial charge in [-0.2, -0.15) is 0 Å². The molecule has 0 aromatic rings. The number of carbonyl (C=O) groups is 1. The van der Waals surface area contributed by atoms with Crippen LogP contribution in [0.3, 0.4) is 0 Å². The van der Waals surface area contributed by atoms with Gasteiger partial charge < -0.3 is 49.4 Å². The van der Waals surface area contributed by atoms with Gasteiger partial charge in [-0.05, 0) is 0 Å². The second kappa shape index (κ2) is 8.00. The van der Waals surface area contributed by atoms with Gasteiger partial charge in [-0.1, -0.05) is 0 Å². The molecule has 3 aliphatic rings. The number of methoxy groups -OCH3 is 1. The van der Waals surface area contributed by atoms with Crippen LogP contribution in [0.4, 0.5) is 0 Å². The Morgan fingerprint density at radius 1 is 1.12 bits per heavy atom. The Bertz CT molecular complexity index is 507. The van der Waals surface area contributed by atoms with Crippen LogP contribution >= 0.6 is 0 Å². The summed E-state index contributed by atoms with van der Waals surface area (Å²) in [6, 6.07) is -0.886. The van der Waals surface area contributed by atoms with Crippen LogP contribution in [0.15, 0.2) is 0 Å². The van der Waals surface area contributed by atoms with Crippen LogP contribution in [0, 0.1) is 0 Å². The predicted molar refractivity (Wildman–Crippen MR) is 81.7 cm³/mol. The highest BCUT2D eigenvalue weighted by molar-refractivity contribution is 5.73. The van der Waals surface area contributed by atoms with Crippen molar-refractivity contribution in [1.29, 1.82) is 0 Å². The van der Waals surface area contributed by atoms with Crippen LogP contribution in [-0.2, 0) is 28.5 Å². The normalized spacial score (nSPS) is 48.8. The molecule has 0 aliphatic carbocycles. The van der Waals surface area contributed by atoms with Crippen molar-refractivity contribution in [1.82, 2.24) is 5.32 Å². The van der Waals surface area contributed by atoms with E-state index in [1.54, 1.807) is 0 Å². The van der Waals surface area contributed by atoms with Crippen LogP contribution in [0.1, 0.15) is 6.92 Å². The summed E-state index contributed by atoms with van der Waals surface area (Å²) in [5.41, 5.74) is 0. The molecule has 3 fully saturated rings. The first-order valence-corrected chi connectivity index (χ1v) is 8.40. The topological polar surface area (TPSA) is 156 Å². The van der Waals surface area contributed by atoms with Gasteiger partial charge in [0.25, 0.3) is 0 Å². The summed E-state index contributed by atoms with van der Waals surface area (Å²) >= 11 is 0. The Kier molecular flexibility index (Phi) is 6.11. The maximum absolute atomic E-state index is 11.4. The average Bonchev–Trinajstić information content (AvgIpc) is 2.79. The highest BCUT2D eigenvalue weighted by Gasteiger charge is 2.54. The molecule has 3 rings (SSSR count). The monoisotopic (exact) mass is 379 g/mol. The fraction of sp³-hybridized carbons (Fsp3) is 0.933. The third-order valence-corrected chi connectivity index (χ3v) is 4.84. The van der Waals surface area contributed by atoms with Crippen molar-refractivity contribution < 1.29 is 48.9 Å². The third kappa shape index (κ3) is 3.59. The molecule has 3 saturated heterocycles. The van der Waals surface area contributed by atoms with Crippen LogP contribution in [0.2, 0.25) is 0 Å². The number of hydrogen-bond donors (Lipinski definition) is 5. The molecule has 5 N–H and O–H groups in total. The Balaban J connectivity index is 1.81. The molecule has 11 heteroatoms. The summed E-state index contributed by atoms with van der Waals surface area (Å²) in [5.74, 6) is -0.381. The third-order valence-electron chi connectivity index (χ3n) is 4.84. The molecule has 0 aromatic heterocycles. The molecule has 150 valence electrons. The van der Waals surface area contributed by atoms with Gasteiger partial charge in [0.2, 0.25) is 5.91 Å². The fourth-order valence-corrected chi connectivity index (χ4v) is 3.52. The molecule has 3 aliphatic heterocycles. The van der Waals surface area contributed by atoms with Crippen molar-refractivity contribution in [2.24, 2.45) is 0 Å². The highest BCUT2D eigenvalue weighted by Crippen LogP contribution is 2.33. The number of carbonyl (C=O) groups excluding carboxylic acids is 1. The Hall–Kier alpha value is -0.890. The van der Waals surface area contributed by atoms with Gasteiger partial charge in [0.05, 0.1) is 13.2 Å². The largest absolute Gasteiger partial charge is 0.394 e. The summed E-state index contributed by atoms with van der Waals surface area (Å²) in [4.78, 5) is 11.4. The zero-order valence-corrected chi connectivity index (χ0v) is 14.4. The minimum Gasteiger partial charge on any atom is -0.394 e. The molecule has 0 aromatic carbocycles. The second-order valence-corrected chi connectivity index (χ2v) is 6.60. The highest BCUT2D eigenvalue weighted by atomic mass is 16.8. The number of aliphatic hydroxyl groups is 4. The number of rotatable bonds is 3. The van der Waals surface area contributed by atoms with E-state index in [1.807, 2.05) is 0 Å². The van der Waals surface area contributed by atoms with E-state index in [1.165, 1.54) is 14.0 Å². The van der Waals surface area contributed by atoms with E-state index in [4.69, 9.17) is 23.7 Å². The molecule has 3 heterocycles. The number of ether oxygens (including phenoxy) is 5. The molecule has 0 unspecified atom stereocenters. The van der Waals surface area contributed by atoms with E-state index in [0.717, 1.165) is 0 Å². The van der Waals surface area contributed by atoms with Gasteiger partial charge in [0.1, 0.15) is 48.8 Å². The first-order valence-electron chi connectivity index (χ1n) is 8.40. The Morgan fingerprint density at radius 2 is 1.85 bits per heavy atom. The van der Waals surface area contributed by atoms with Crippen LogP contribution in [0.25, 0.3) is 0 Å². The molecule has 1 amide bonds. The smallest absolute Gasteiger partial charge is 0.217 e. The number of amides is 1. The number of fused-ring (bicyclic) bond motifs is 2. The summed E-state index contributed by atoms with van der Waals surface area (Å²) in [5, 5.41) is 42.8. The standard InChI is InChI=1S/C15H25NO10/c1-5(18)16-8-10(20)12-7(25-14(8)22-2)4-23-13-11(21)9(19)6(3-17)24-15(13)26-12/h6-15,17,19-21H,3-4H2,1-2H3,(H,16,18)/t6-,7-,8-,9+,10-,11+,12-,13-,14-,15+/m1/s1. The minimum atomic E-state index is -1.35. The number of aliphatic hydroxyl groups excluding tert-OH is 4. The van der Waals surface area contributed by atoms with Crippen LogP contribution in [0.5, 0.6) is 0 Å². The SMILES string of the molecule is CO[C@@H]1O[C@@H]2CO[C@H]3[C@H](O[C@H]2[C@H](O)[C@H]1NC(C)=O)O[C@H](CO)[C@H](O)[C@@H]3O. The molecule has 10 atom stereocenters. The van der Waals surface area contributed by atoms with Gasteiger partial charge in [0.15, 0.2) is 12.6 Å². The lowest BCUT2D eigenvalue weighted by Crippen LogP contribution is -2.65. The molecule has 0 bridgehead atoms. The van der Waals surface area contributed by atoms with E-state index < -0.39 is 68.0 Å². The van der Waals surface area contributed by atoms with Crippen LogP contribution in [-0.4, -0.2) is 108 Å². The zero-order chi connectivity index (χ0) is 19.0. The first kappa shape index (κ1) is 19.9. The number of hydrogen-bond acceptors (Lipinski definition) is 10. The molecular formula is C15H25NO10. The Morgan fingerprint density at radius 3 is 2.46 bits per heavy atom. The van der Waals surface area contributed by atoms with E-state index in [2.05, 4.69) is 5.32 Å². The van der Waals surface area contributed by atoms with Gasteiger partial charge in [-0.15, -0.1) is 0 Å². The molecular weight excluding hydrogens is 354 g/mol. The maximum Gasteiger partial charge on any atom is 0.217 e. The lowest BCUT2D eigenvalue weighted by Gasteiger charge is -2.44. The fourth-order valence-electron chi connectivity index (χ4n) is 3.52. The van der Waals surface area contributed by atoms with Crippen molar-refractivity contribution in [3.8, 4) is 0 Å². The lowest BCUT2D eigenvalue weighted by atomic mass is 9.96. The summed E-state index contributed by atoms with van der Waals surface area (Å²) < 4.78 is 27.8. The lowest BCUT2D eigenvalue weighted by molar-refractivity contribution is -0.325. The molecule has 0 spiro atoms. The predicted octanol–water partition coefficient (Wildman–Crippen LogP) is -3.55. The zero-order valence-electron chi connectivity index (χ0n) is 14.4. The van der Waals surface area contributed by atoms with Gasteiger partial charge in [0, 0.05) is 14.0 Å². The molecule has 26 heavy (non-hydrogen) atoms. The summed E-state index contributed by atoms with van der Waals surface area (Å²) in [6.45, 7) is 0.706. The van der Waals surface area contributed by atoms with Crippen molar-refractivity contribution in [2.45, 2.75) is 68.3 Å². The van der Waals surface area contributed by atoms with Crippen molar-refractivity contribution in [3.63, 3.8) is 0 Å². The summed E-state index contributed by atoms with van der Waals surface area (Å²) in [6.07, 6.45) is -9.78. The maximum atomic E-state index is 11.4. The quantitative estimate of drug-likeness (QED) is 0.333. The minimum absolute atomic E-state index is 0.0630. The average molecular weight is 379 g/mol. The summed E-state index contributed by atoms with van der Waals surface area (Å²) in [7, 11) is 1.37. The van der Waals surface area contributed by atoms with Crippen molar-refractivity contribution in [3.05, 3.63) is 0 Å². The first-order chi connectivity index (χ1) is 12.4. The van der Waals surface area contributed by atoms with Crippen LogP contribution < -0.4 is 5.32 Å².